The van der Waals surface area contributed by atoms with Gasteiger partial charge in [-0.3, -0.25) is 9.59 Å². The number of benzene rings is 1. The van der Waals surface area contributed by atoms with Gasteiger partial charge in [-0.2, -0.15) is 0 Å². The minimum atomic E-state index is -0.404. The number of nitrogens with zero attached hydrogens (tertiary/aromatic N) is 1. The number of amides is 1. The van der Waals surface area contributed by atoms with Gasteiger partial charge in [-0.25, -0.2) is 0 Å². The van der Waals surface area contributed by atoms with E-state index in [1.54, 1.807) is 14.0 Å². The van der Waals surface area contributed by atoms with Crippen LogP contribution in [-0.4, -0.2) is 42.4 Å². The van der Waals surface area contributed by atoms with E-state index < -0.39 is 6.10 Å². The number of methoxy groups -OCH3 is 1. The topological polar surface area (TPSA) is 55.8 Å². The third-order valence-corrected chi connectivity index (χ3v) is 6.72. The van der Waals surface area contributed by atoms with E-state index in [2.05, 4.69) is 6.07 Å². The molecule has 2 aliphatic carbocycles. The molecule has 1 saturated carbocycles. The lowest BCUT2D eigenvalue weighted by atomic mass is 9.51. The molecule has 24 heavy (non-hydrogen) atoms. The first-order valence-electron chi connectivity index (χ1n) is 8.75. The van der Waals surface area contributed by atoms with E-state index in [9.17, 15) is 9.59 Å². The van der Waals surface area contributed by atoms with Crippen LogP contribution in [0.2, 0.25) is 0 Å². The van der Waals surface area contributed by atoms with Crippen LogP contribution in [0, 0.1) is 5.92 Å². The molecule has 126 valence electrons. The van der Waals surface area contributed by atoms with Crippen LogP contribution in [0.1, 0.15) is 37.3 Å². The summed E-state index contributed by atoms with van der Waals surface area (Å²) in [6.45, 7) is 2.36. The Hall–Kier alpha value is -2.04. The van der Waals surface area contributed by atoms with Crippen molar-refractivity contribution in [3.63, 3.8) is 0 Å². The van der Waals surface area contributed by atoms with E-state index >= 15 is 0 Å². The van der Waals surface area contributed by atoms with E-state index in [1.165, 1.54) is 11.1 Å². The highest BCUT2D eigenvalue weighted by atomic mass is 16.5. The number of carbonyl (C=O) groups excluding carboxylic acids is 2. The third-order valence-electron chi connectivity index (χ3n) is 6.72. The fourth-order valence-corrected chi connectivity index (χ4v) is 5.87. The number of carbonyl (C=O) groups is 2. The Morgan fingerprint density at radius 1 is 1.42 bits per heavy atom. The number of hydrogen-bond donors (Lipinski definition) is 0. The molecule has 0 aromatic heterocycles. The second kappa shape index (κ2) is 4.52. The lowest BCUT2D eigenvalue weighted by Crippen LogP contribution is -2.66. The van der Waals surface area contributed by atoms with Crippen LogP contribution in [0.25, 0.3) is 0 Å². The van der Waals surface area contributed by atoms with Crippen molar-refractivity contribution in [2.45, 2.75) is 50.2 Å². The molecule has 0 unspecified atom stereocenters. The number of likely N-dealkylation sites (tertiary alicyclic amines) is 1. The maximum absolute atomic E-state index is 12.7. The van der Waals surface area contributed by atoms with Crippen LogP contribution in [0.4, 0.5) is 0 Å². The average Bonchev–Trinajstić information content (AvgIpc) is 2.90. The Balaban J connectivity index is 1.77. The van der Waals surface area contributed by atoms with Crippen LogP contribution in [-0.2, 0) is 21.4 Å². The highest BCUT2D eigenvalue weighted by Gasteiger charge is 2.66. The Morgan fingerprint density at radius 3 is 3.00 bits per heavy atom. The molecule has 1 amide bonds. The first-order valence-corrected chi connectivity index (χ1v) is 8.75. The molecule has 2 aliphatic heterocycles. The largest absolute Gasteiger partial charge is 0.493 e. The maximum atomic E-state index is 12.7. The SMILES string of the molecule is COc1ccc2c3c1O[C@H]1C(=O)CC[C@H]4[C@@H](C2)N(C(C)=O)CC[C@]314. The number of piperidine rings is 1. The van der Waals surface area contributed by atoms with Crippen LogP contribution < -0.4 is 9.47 Å². The number of ether oxygens (including phenoxy) is 2. The molecule has 2 fully saturated rings. The summed E-state index contributed by atoms with van der Waals surface area (Å²) in [6.07, 6.45) is 2.65. The quantitative estimate of drug-likeness (QED) is 0.790. The fourth-order valence-electron chi connectivity index (χ4n) is 5.87. The summed E-state index contributed by atoms with van der Waals surface area (Å²) in [5.41, 5.74) is 2.16. The van der Waals surface area contributed by atoms with Crippen molar-refractivity contribution in [2.24, 2.45) is 5.92 Å². The van der Waals surface area contributed by atoms with E-state index in [-0.39, 0.29) is 23.1 Å². The van der Waals surface area contributed by atoms with Gasteiger partial charge in [-0.1, -0.05) is 6.07 Å². The van der Waals surface area contributed by atoms with E-state index in [0.29, 0.717) is 18.9 Å². The zero-order valence-electron chi connectivity index (χ0n) is 14.0. The van der Waals surface area contributed by atoms with Gasteiger partial charge in [0.05, 0.1) is 12.5 Å². The highest BCUT2D eigenvalue weighted by molar-refractivity contribution is 5.89. The predicted octanol–water partition coefficient (Wildman–Crippen LogP) is 1.85. The van der Waals surface area contributed by atoms with Crippen LogP contribution in [0.5, 0.6) is 11.5 Å². The predicted molar refractivity (Wildman–Crippen MR) is 86.3 cm³/mol. The van der Waals surface area contributed by atoms with Gasteiger partial charge in [0, 0.05) is 31.5 Å². The van der Waals surface area contributed by atoms with Gasteiger partial charge in [0.25, 0.3) is 0 Å². The highest BCUT2D eigenvalue weighted by Crippen LogP contribution is 2.63. The van der Waals surface area contributed by atoms with Crippen LogP contribution >= 0.6 is 0 Å². The standard InChI is InChI=1S/C19H21NO4/c1-10(21)20-8-7-19-12-4-5-14(22)18(19)24-17-15(23-2)6-3-11(16(17)19)9-13(12)20/h3,6,12-13,18H,4-5,7-9H2,1-2H3/t12-,13+,18-,19-/m0/s1. The molecule has 4 aliphatic rings. The molecule has 1 saturated heterocycles. The Bertz CT molecular complexity index is 773. The van der Waals surface area contributed by atoms with Gasteiger partial charge in [0.15, 0.2) is 23.4 Å². The molecule has 4 atom stereocenters. The van der Waals surface area contributed by atoms with Gasteiger partial charge in [-0.15, -0.1) is 0 Å². The molecule has 0 N–H and O–H groups in total. The van der Waals surface area contributed by atoms with Crippen molar-refractivity contribution in [3.8, 4) is 11.5 Å². The molecule has 2 bridgehead atoms. The number of rotatable bonds is 1. The van der Waals surface area contributed by atoms with Crippen molar-refractivity contribution < 1.29 is 19.1 Å². The lowest BCUT2D eigenvalue weighted by Gasteiger charge is -2.57. The minimum absolute atomic E-state index is 0.138. The van der Waals surface area contributed by atoms with E-state index in [0.717, 1.165) is 30.8 Å². The van der Waals surface area contributed by atoms with Gasteiger partial charge in [0.2, 0.25) is 5.91 Å². The summed E-state index contributed by atoms with van der Waals surface area (Å²) in [6, 6.07) is 4.21. The molecule has 2 heterocycles. The summed E-state index contributed by atoms with van der Waals surface area (Å²) in [4.78, 5) is 26.9. The molecule has 1 aromatic rings. The van der Waals surface area contributed by atoms with Crippen molar-refractivity contribution >= 4 is 11.7 Å². The summed E-state index contributed by atoms with van der Waals surface area (Å²) in [7, 11) is 1.64. The summed E-state index contributed by atoms with van der Waals surface area (Å²) in [5.74, 6) is 2.14. The molecule has 1 spiro atoms. The van der Waals surface area contributed by atoms with E-state index in [1.807, 2.05) is 11.0 Å². The molecule has 5 nitrogen and oxygen atoms in total. The molecule has 1 aromatic carbocycles. The monoisotopic (exact) mass is 327 g/mol. The van der Waals surface area contributed by atoms with Crippen LogP contribution in [0.15, 0.2) is 12.1 Å². The first kappa shape index (κ1) is 14.3. The third kappa shape index (κ3) is 1.47. The van der Waals surface area contributed by atoms with Crippen molar-refractivity contribution in [1.29, 1.82) is 0 Å². The average molecular weight is 327 g/mol. The molecule has 5 rings (SSSR count). The number of Topliss-reactive ketones (excluding diaryl/α,β-unsaturated/α-hetero) is 1. The molecular weight excluding hydrogens is 306 g/mol. The van der Waals surface area contributed by atoms with E-state index in [4.69, 9.17) is 9.47 Å². The second-order valence-corrected chi connectivity index (χ2v) is 7.51. The van der Waals surface area contributed by atoms with Gasteiger partial charge >= 0.3 is 0 Å². The maximum Gasteiger partial charge on any atom is 0.219 e. The van der Waals surface area contributed by atoms with Crippen molar-refractivity contribution in [2.75, 3.05) is 13.7 Å². The van der Waals surface area contributed by atoms with Gasteiger partial charge < -0.3 is 14.4 Å². The number of hydrogen-bond acceptors (Lipinski definition) is 4. The Morgan fingerprint density at radius 2 is 2.25 bits per heavy atom. The fraction of sp³-hybridized carbons (Fsp3) is 0.579. The van der Waals surface area contributed by atoms with Crippen molar-refractivity contribution in [3.05, 3.63) is 23.3 Å². The first-order chi connectivity index (χ1) is 11.6. The van der Waals surface area contributed by atoms with Crippen LogP contribution in [0.3, 0.4) is 0 Å². The number of ketones is 1. The smallest absolute Gasteiger partial charge is 0.219 e. The molecule has 5 heteroatoms. The van der Waals surface area contributed by atoms with Gasteiger partial charge in [-0.05, 0) is 36.8 Å². The minimum Gasteiger partial charge on any atom is -0.493 e. The zero-order valence-corrected chi connectivity index (χ0v) is 14.0. The molecule has 0 radical (unpaired) electrons. The zero-order chi connectivity index (χ0) is 16.6. The second-order valence-electron chi connectivity index (χ2n) is 7.51. The lowest BCUT2D eigenvalue weighted by molar-refractivity contribution is -0.146. The summed E-state index contributed by atoms with van der Waals surface area (Å²) in [5, 5.41) is 0. The summed E-state index contributed by atoms with van der Waals surface area (Å²) < 4.78 is 11.7. The van der Waals surface area contributed by atoms with Crippen molar-refractivity contribution in [1.82, 2.24) is 4.90 Å². The molecular formula is C19H21NO4. The van der Waals surface area contributed by atoms with Gasteiger partial charge in [0.1, 0.15) is 0 Å². The Labute approximate surface area is 140 Å². The summed E-state index contributed by atoms with van der Waals surface area (Å²) >= 11 is 0. The Kier molecular flexibility index (Phi) is 2.70. The normalized spacial score (nSPS) is 35.3.